The zero-order chi connectivity index (χ0) is 14.1. The van der Waals surface area contributed by atoms with Gasteiger partial charge in [0.2, 0.25) is 5.95 Å². The monoisotopic (exact) mass is 383 g/mol. The molecule has 0 amide bonds. The molecule has 1 saturated carbocycles. The number of fused-ring (bicyclic) bond motifs is 1. The number of anilines is 1. The Hall–Kier alpha value is -0.780. The van der Waals surface area contributed by atoms with E-state index in [9.17, 15) is 0 Å². The fourth-order valence-corrected chi connectivity index (χ4v) is 3.87. The molecule has 0 aliphatic heterocycles. The van der Waals surface area contributed by atoms with Crippen molar-refractivity contribution >= 4 is 39.6 Å². The predicted octanol–water partition coefficient (Wildman–Crippen LogP) is 4.44. The van der Waals surface area contributed by atoms with E-state index in [0.29, 0.717) is 5.95 Å². The zero-order valence-electron chi connectivity index (χ0n) is 12.0. The second kappa shape index (κ2) is 5.92. The molecule has 2 N–H and O–H groups in total. The molecular weight excluding hydrogens is 361 g/mol. The summed E-state index contributed by atoms with van der Waals surface area (Å²) in [5, 5.41) is 0. The van der Waals surface area contributed by atoms with E-state index in [1.165, 1.54) is 41.2 Å². The molecule has 1 aliphatic carbocycles. The van der Waals surface area contributed by atoms with Crippen molar-refractivity contribution in [3.05, 3.63) is 21.8 Å². The Morgan fingerprint density at radius 3 is 2.65 bits per heavy atom. The first-order valence-electron chi connectivity index (χ1n) is 7.58. The smallest absolute Gasteiger partial charge is 0.201 e. The molecule has 0 bridgehead atoms. The fraction of sp³-hybridized carbons (Fsp3) is 0.562. The number of nitrogens with two attached hydrogens (primary N) is 1. The topological polar surface area (TPSA) is 43.8 Å². The summed E-state index contributed by atoms with van der Waals surface area (Å²) in [6.45, 7) is 3.34. The van der Waals surface area contributed by atoms with Gasteiger partial charge in [0.1, 0.15) is 0 Å². The highest BCUT2D eigenvalue weighted by Crippen LogP contribution is 2.33. The number of imidazole rings is 1. The maximum atomic E-state index is 6.12. The Morgan fingerprint density at radius 2 is 1.95 bits per heavy atom. The fourth-order valence-electron chi connectivity index (χ4n) is 3.39. The molecule has 1 heterocycles. The number of hydrogen-bond donors (Lipinski definition) is 1. The summed E-state index contributed by atoms with van der Waals surface area (Å²) in [6, 6.07) is 6.39. The van der Waals surface area contributed by atoms with E-state index >= 15 is 0 Å². The maximum absolute atomic E-state index is 6.12. The number of benzene rings is 1. The van der Waals surface area contributed by atoms with Crippen LogP contribution in [0.25, 0.3) is 11.0 Å². The molecule has 0 atom stereocenters. The first-order chi connectivity index (χ1) is 9.67. The van der Waals surface area contributed by atoms with Gasteiger partial charge in [0.05, 0.1) is 11.0 Å². The van der Waals surface area contributed by atoms with Crippen LogP contribution >= 0.6 is 22.6 Å². The molecule has 108 valence electrons. The minimum Gasteiger partial charge on any atom is -0.369 e. The highest BCUT2D eigenvalue weighted by molar-refractivity contribution is 14.1. The van der Waals surface area contributed by atoms with E-state index in [2.05, 4.69) is 57.3 Å². The van der Waals surface area contributed by atoms with E-state index in [0.717, 1.165) is 23.9 Å². The van der Waals surface area contributed by atoms with E-state index in [4.69, 9.17) is 5.73 Å². The van der Waals surface area contributed by atoms with Gasteiger partial charge in [-0.1, -0.05) is 26.2 Å². The molecule has 3 nitrogen and oxygen atoms in total. The highest BCUT2D eigenvalue weighted by Gasteiger charge is 2.21. The molecule has 4 heteroatoms. The summed E-state index contributed by atoms with van der Waals surface area (Å²) in [4.78, 5) is 4.51. The van der Waals surface area contributed by atoms with Crippen molar-refractivity contribution in [1.29, 1.82) is 0 Å². The van der Waals surface area contributed by atoms with Crippen LogP contribution in [0.2, 0.25) is 0 Å². The molecule has 1 aliphatic rings. The van der Waals surface area contributed by atoms with Crippen molar-refractivity contribution < 1.29 is 0 Å². The summed E-state index contributed by atoms with van der Waals surface area (Å²) in [5.74, 6) is 2.38. The molecule has 1 aromatic carbocycles. The van der Waals surface area contributed by atoms with Gasteiger partial charge in [-0.25, -0.2) is 4.98 Å². The van der Waals surface area contributed by atoms with Crippen LogP contribution in [-0.4, -0.2) is 9.55 Å². The molecule has 3 rings (SSSR count). The Kier molecular flexibility index (Phi) is 4.19. The van der Waals surface area contributed by atoms with E-state index in [1.807, 2.05) is 0 Å². The second-order valence-corrected chi connectivity index (χ2v) is 7.25. The lowest BCUT2D eigenvalue weighted by atomic mass is 9.81. The van der Waals surface area contributed by atoms with Gasteiger partial charge in [0.25, 0.3) is 0 Å². The third-order valence-corrected chi connectivity index (χ3v) is 5.40. The molecule has 0 radical (unpaired) electrons. The Bertz CT molecular complexity index is 597. The van der Waals surface area contributed by atoms with Crippen molar-refractivity contribution in [2.75, 3.05) is 5.73 Å². The van der Waals surface area contributed by atoms with Crippen molar-refractivity contribution in [2.24, 2.45) is 11.8 Å². The average molecular weight is 383 g/mol. The van der Waals surface area contributed by atoms with Crippen LogP contribution in [0.5, 0.6) is 0 Å². The second-order valence-electron chi connectivity index (χ2n) is 6.01. The average Bonchev–Trinajstić information content (AvgIpc) is 2.75. The first-order valence-corrected chi connectivity index (χ1v) is 8.66. The van der Waals surface area contributed by atoms with Crippen LogP contribution in [0.1, 0.15) is 39.0 Å². The first kappa shape index (κ1) is 14.2. The number of aromatic nitrogens is 2. The largest absolute Gasteiger partial charge is 0.369 e. The van der Waals surface area contributed by atoms with Crippen LogP contribution in [0.4, 0.5) is 5.95 Å². The third kappa shape index (κ3) is 2.80. The van der Waals surface area contributed by atoms with Crippen LogP contribution in [0, 0.1) is 15.4 Å². The summed E-state index contributed by atoms with van der Waals surface area (Å²) >= 11 is 2.32. The number of nitrogen functional groups attached to an aromatic ring is 1. The van der Waals surface area contributed by atoms with Gasteiger partial charge >= 0.3 is 0 Å². The molecule has 0 unspecified atom stereocenters. The van der Waals surface area contributed by atoms with Crippen LogP contribution in [0.3, 0.4) is 0 Å². The maximum Gasteiger partial charge on any atom is 0.201 e. The Labute approximate surface area is 134 Å². The number of rotatable bonds is 3. The van der Waals surface area contributed by atoms with Gasteiger partial charge in [0.15, 0.2) is 0 Å². The van der Waals surface area contributed by atoms with Crippen LogP contribution < -0.4 is 5.73 Å². The van der Waals surface area contributed by atoms with Crippen molar-refractivity contribution in [2.45, 2.75) is 45.6 Å². The number of nitrogens with zero attached hydrogens (tertiary/aromatic N) is 2. The molecular formula is C16H22IN3. The normalized spacial score (nSPS) is 23.3. The molecule has 2 aromatic rings. The minimum atomic E-state index is 0.666. The zero-order valence-corrected chi connectivity index (χ0v) is 14.1. The highest BCUT2D eigenvalue weighted by atomic mass is 127. The molecule has 1 fully saturated rings. The Balaban J connectivity index is 1.79. The van der Waals surface area contributed by atoms with Crippen LogP contribution in [-0.2, 0) is 6.54 Å². The molecule has 0 spiro atoms. The van der Waals surface area contributed by atoms with Crippen molar-refractivity contribution in [3.8, 4) is 0 Å². The van der Waals surface area contributed by atoms with Crippen molar-refractivity contribution in [1.82, 2.24) is 9.55 Å². The van der Waals surface area contributed by atoms with E-state index < -0.39 is 0 Å². The molecule has 1 aromatic heterocycles. The van der Waals surface area contributed by atoms with Crippen LogP contribution in [0.15, 0.2) is 18.2 Å². The van der Waals surface area contributed by atoms with Gasteiger partial charge in [-0.05, 0) is 65.5 Å². The standard InChI is InChI=1S/C16H22IN3/c1-2-11-3-5-12(6-4-11)10-20-15-8-7-13(17)9-14(15)19-16(20)18/h7-9,11-12H,2-6,10H2,1H3,(H2,18,19). The molecule has 20 heavy (non-hydrogen) atoms. The number of hydrogen-bond acceptors (Lipinski definition) is 2. The summed E-state index contributed by atoms with van der Waals surface area (Å²) in [7, 11) is 0. The Morgan fingerprint density at radius 1 is 1.25 bits per heavy atom. The van der Waals surface area contributed by atoms with Gasteiger partial charge in [-0.2, -0.15) is 0 Å². The van der Waals surface area contributed by atoms with Gasteiger partial charge < -0.3 is 10.3 Å². The third-order valence-electron chi connectivity index (χ3n) is 4.72. The summed E-state index contributed by atoms with van der Waals surface area (Å²) in [5.41, 5.74) is 8.33. The van der Waals surface area contributed by atoms with Crippen molar-refractivity contribution in [3.63, 3.8) is 0 Å². The molecule has 0 saturated heterocycles. The van der Waals surface area contributed by atoms with Gasteiger partial charge in [-0.3, -0.25) is 0 Å². The van der Waals surface area contributed by atoms with E-state index in [-0.39, 0.29) is 0 Å². The summed E-state index contributed by atoms with van der Waals surface area (Å²) < 4.78 is 3.42. The lowest BCUT2D eigenvalue weighted by Crippen LogP contribution is -2.19. The quantitative estimate of drug-likeness (QED) is 0.797. The minimum absolute atomic E-state index is 0.666. The lowest BCUT2D eigenvalue weighted by molar-refractivity contribution is 0.250. The van der Waals surface area contributed by atoms with Gasteiger partial charge in [-0.15, -0.1) is 0 Å². The SMILES string of the molecule is CCC1CCC(Cn2c(N)nc3cc(I)ccc32)CC1. The van der Waals surface area contributed by atoms with Gasteiger partial charge in [0, 0.05) is 10.1 Å². The van der Waals surface area contributed by atoms with E-state index in [1.54, 1.807) is 0 Å². The predicted molar refractivity (Wildman–Crippen MR) is 92.6 cm³/mol. The summed E-state index contributed by atoms with van der Waals surface area (Å²) in [6.07, 6.45) is 6.77. The number of halogens is 1. The lowest BCUT2D eigenvalue weighted by Gasteiger charge is -2.28.